The van der Waals surface area contributed by atoms with Crippen molar-refractivity contribution in [1.29, 1.82) is 0 Å². The molecule has 1 fully saturated rings. The molecule has 118 valence electrons. The number of aromatic carboxylic acids is 1. The van der Waals surface area contributed by atoms with Gasteiger partial charge in [0.25, 0.3) is 0 Å². The summed E-state index contributed by atoms with van der Waals surface area (Å²) >= 11 is 0. The molecule has 1 unspecified atom stereocenters. The van der Waals surface area contributed by atoms with Crippen molar-refractivity contribution in [2.45, 2.75) is 71.5 Å². The SMILES string of the molecule is CCC1CCCCN1Cc1c(C(=O)O)cnn1C(C)(C)C. The second-order valence-electron chi connectivity index (χ2n) is 6.92. The predicted octanol–water partition coefficient (Wildman–Crippen LogP) is 3.10. The third-order valence-electron chi connectivity index (χ3n) is 4.31. The maximum atomic E-state index is 11.5. The molecule has 0 radical (unpaired) electrons. The van der Waals surface area contributed by atoms with Crippen LogP contribution in [0.15, 0.2) is 6.20 Å². The number of aromatic nitrogens is 2. The molecule has 2 heterocycles. The zero-order valence-corrected chi connectivity index (χ0v) is 13.6. The lowest BCUT2D eigenvalue weighted by Crippen LogP contribution is -2.40. The quantitative estimate of drug-likeness (QED) is 0.926. The second-order valence-corrected chi connectivity index (χ2v) is 6.92. The summed E-state index contributed by atoms with van der Waals surface area (Å²) in [6.07, 6.45) is 6.30. The minimum absolute atomic E-state index is 0.208. The van der Waals surface area contributed by atoms with Crippen LogP contribution >= 0.6 is 0 Å². The van der Waals surface area contributed by atoms with Crippen LogP contribution in [0.5, 0.6) is 0 Å². The molecular formula is C16H27N3O2. The highest BCUT2D eigenvalue weighted by molar-refractivity contribution is 5.88. The van der Waals surface area contributed by atoms with Crippen molar-refractivity contribution < 1.29 is 9.90 Å². The summed E-state index contributed by atoms with van der Waals surface area (Å²) in [6, 6.07) is 0.559. The van der Waals surface area contributed by atoms with E-state index in [4.69, 9.17) is 0 Å². The van der Waals surface area contributed by atoms with E-state index in [2.05, 4.69) is 37.7 Å². The Balaban J connectivity index is 2.32. The molecule has 21 heavy (non-hydrogen) atoms. The maximum Gasteiger partial charge on any atom is 0.339 e. The van der Waals surface area contributed by atoms with Gasteiger partial charge >= 0.3 is 5.97 Å². The van der Waals surface area contributed by atoms with E-state index in [1.165, 1.54) is 25.5 Å². The van der Waals surface area contributed by atoms with Gasteiger partial charge in [0.15, 0.2) is 0 Å². The highest BCUT2D eigenvalue weighted by Gasteiger charge is 2.28. The van der Waals surface area contributed by atoms with Gasteiger partial charge in [-0.1, -0.05) is 13.3 Å². The third-order valence-corrected chi connectivity index (χ3v) is 4.31. The fraction of sp³-hybridized carbons (Fsp3) is 0.750. The van der Waals surface area contributed by atoms with Crippen molar-refractivity contribution in [2.75, 3.05) is 6.54 Å². The summed E-state index contributed by atoms with van der Waals surface area (Å²) in [5.74, 6) is -0.884. The van der Waals surface area contributed by atoms with Crippen LogP contribution in [-0.4, -0.2) is 38.3 Å². The van der Waals surface area contributed by atoms with Gasteiger partial charge in [-0.05, 0) is 46.6 Å². The minimum atomic E-state index is -0.884. The zero-order chi connectivity index (χ0) is 15.6. The van der Waals surface area contributed by atoms with Gasteiger partial charge in [0, 0.05) is 12.6 Å². The lowest BCUT2D eigenvalue weighted by atomic mass is 9.99. The molecule has 1 aliphatic rings. The number of hydrogen-bond donors (Lipinski definition) is 1. The molecule has 1 saturated heterocycles. The Labute approximate surface area is 126 Å². The van der Waals surface area contributed by atoms with Crippen molar-refractivity contribution >= 4 is 5.97 Å². The average Bonchev–Trinajstić information content (AvgIpc) is 2.83. The van der Waals surface area contributed by atoms with Crippen molar-refractivity contribution in [3.63, 3.8) is 0 Å². The van der Waals surface area contributed by atoms with E-state index in [1.807, 2.05) is 4.68 Å². The van der Waals surface area contributed by atoms with Gasteiger partial charge in [0.1, 0.15) is 5.56 Å². The normalized spacial score (nSPS) is 20.7. The maximum absolute atomic E-state index is 11.5. The molecule has 5 nitrogen and oxygen atoms in total. The van der Waals surface area contributed by atoms with Gasteiger partial charge < -0.3 is 5.11 Å². The smallest absolute Gasteiger partial charge is 0.339 e. The van der Waals surface area contributed by atoms with Crippen LogP contribution in [0.25, 0.3) is 0 Å². The van der Waals surface area contributed by atoms with Crippen LogP contribution in [-0.2, 0) is 12.1 Å². The molecule has 1 atom stereocenters. The summed E-state index contributed by atoms with van der Waals surface area (Å²) in [5, 5.41) is 13.8. The fourth-order valence-electron chi connectivity index (χ4n) is 3.21. The summed E-state index contributed by atoms with van der Waals surface area (Å²) < 4.78 is 1.87. The number of carbonyl (C=O) groups is 1. The summed E-state index contributed by atoms with van der Waals surface area (Å²) in [4.78, 5) is 13.9. The van der Waals surface area contributed by atoms with Gasteiger partial charge in [-0.2, -0.15) is 5.10 Å². The first-order chi connectivity index (χ1) is 9.84. The number of hydrogen-bond acceptors (Lipinski definition) is 3. The molecule has 0 aliphatic carbocycles. The molecule has 2 rings (SSSR count). The van der Waals surface area contributed by atoms with Crippen LogP contribution in [0, 0.1) is 0 Å². The van der Waals surface area contributed by atoms with Crippen molar-refractivity contribution in [1.82, 2.24) is 14.7 Å². The molecule has 0 saturated carbocycles. The van der Waals surface area contributed by atoms with Gasteiger partial charge in [0.05, 0.1) is 17.4 Å². The van der Waals surface area contributed by atoms with E-state index in [1.54, 1.807) is 0 Å². The van der Waals surface area contributed by atoms with E-state index in [9.17, 15) is 9.90 Å². The summed E-state index contributed by atoms with van der Waals surface area (Å²) in [6.45, 7) is 10.1. The number of piperidine rings is 1. The first-order valence-electron chi connectivity index (χ1n) is 7.89. The number of rotatable bonds is 4. The molecule has 0 amide bonds. The first kappa shape index (κ1) is 16.0. The Hall–Kier alpha value is -1.36. The van der Waals surface area contributed by atoms with Crippen molar-refractivity contribution in [3.8, 4) is 0 Å². The Bertz CT molecular complexity index is 502. The largest absolute Gasteiger partial charge is 0.478 e. The number of carboxylic acids is 1. The Kier molecular flexibility index (Phi) is 4.71. The molecule has 1 aromatic rings. The van der Waals surface area contributed by atoms with E-state index < -0.39 is 5.97 Å². The van der Waals surface area contributed by atoms with E-state index >= 15 is 0 Å². The molecule has 0 bridgehead atoms. The fourth-order valence-corrected chi connectivity index (χ4v) is 3.21. The minimum Gasteiger partial charge on any atom is -0.478 e. The van der Waals surface area contributed by atoms with Crippen molar-refractivity contribution in [2.24, 2.45) is 0 Å². The number of likely N-dealkylation sites (tertiary alicyclic amines) is 1. The van der Waals surface area contributed by atoms with Crippen LogP contribution in [0.4, 0.5) is 0 Å². The standard InChI is InChI=1S/C16H27N3O2/c1-5-12-8-6-7-9-18(12)11-14-13(15(20)21)10-17-19(14)16(2,3)4/h10,12H,5-9,11H2,1-4H3,(H,20,21). The zero-order valence-electron chi connectivity index (χ0n) is 13.6. The molecule has 0 spiro atoms. The molecule has 5 heteroatoms. The lowest BCUT2D eigenvalue weighted by molar-refractivity contribution is 0.0690. The Morgan fingerprint density at radius 2 is 2.14 bits per heavy atom. The molecule has 0 aromatic carbocycles. The summed E-state index contributed by atoms with van der Waals surface area (Å²) in [5.41, 5.74) is 0.960. The van der Waals surface area contributed by atoms with Crippen molar-refractivity contribution in [3.05, 3.63) is 17.5 Å². The molecule has 1 aromatic heterocycles. The van der Waals surface area contributed by atoms with Gasteiger partial charge in [-0.3, -0.25) is 9.58 Å². The van der Waals surface area contributed by atoms with Crippen LogP contribution in [0.1, 0.15) is 69.4 Å². The number of nitrogens with zero attached hydrogens (tertiary/aromatic N) is 3. The highest BCUT2D eigenvalue weighted by Crippen LogP contribution is 2.25. The van der Waals surface area contributed by atoms with Gasteiger partial charge in [-0.15, -0.1) is 0 Å². The van der Waals surface area contributed by atoms with E-state index in [0.717, 1.165) is 18.7 Å². The average molecular weight is 293 g/mol. The third kappa shape index (κ3) is 3.46. The molecule has 1 N–H and O–H groups in total. The first-order valence-corrected chi connectivity index (χ1v) is 7.89. The topological polar surface area (TPSA) is 58.4 Å². The van der Waals surface area contributed by atoms with E-state index in [0.29, 0.717) is 18.2 Å². The van der Waals surface area contributed by atoms with Gasteiger partial charge in [0.2, 0.25) is 0 Å². The second kappa shape index (κ2) is 6.18. The van der Waals surface area contributed by atoms with Gasteiger partial charge in [-0.25, -0.2) is 4.79 Å². The summed E-state index contributed by atoms with van der Waals surface area (Å²) in [7, 11) is 0. The van der Waals surface area contributed by atoms with Crippen LogP contribution < -0.4 is 0 Å². The Morgan fingerprint density at radius 1 is 1.43 bits per heavy atom. The lowest BCUT2D eigenvalue weighted by Gasteiger charge is -2.36. The number of carboxylic acid groups (broad SMARTS) is 1. The monoisotopic (exact) mass is 293 g/mol. The Morgan fingerprint density at radius 3 is 2.71 bits per heavy atom. The molecular weight excluding hydrogens is 266 g/mol. The highest BCUT2D eigenvalue weighted by atomic mass is 16.4. The predicted molar refractivity (Wildman–Crippen MR) is 82.5 cm³/mol. The van der Waals surface area contributed by atoms with Crippen LogP contribution in [0.2, 0.25) is 0 Å². The van der Waals surface area contributed by atoms with Crippen LogP contribution in [0.3, 0.4) is 0 Å². The molecule has 1 aliphatic heterocycles. The van der Waals surface area contributed by atoms with E-state index in [-0.39, 0.29) is 5.54 Å².